The highest BCUT2D eigenvalue weighted by molar-refractivity contribution is 8.05. The summed E-state index contributed by atoms with van der Waals surface area (Å²) in [4.78, 5) is 0. The largest absolute Gasteiger partial charge is 0.380 e. The first-order chi connectivity index (χ1) is 6.92. The third-order valence-electron chi connectivity index (χ3n) is 2.17. The molecule has 0 saturated heterocycles. The van der Waals surface area contributed by atoms with E-state index in [2.05, 4.69) is 13.8 Å². The molecule has 2 nitrogen and oxygen atoms in total. The van der Waals surface area contributed by atoms with Crippen molar-refractivity contribution in [2.45, 2.75) is 52.4 Å². The maximum Gasteiger partial charge on any atom is 0.380 e. The molecule has 0 aliphatic carbocycles. The first kappa shape index (κ1) is 15.8. The van der Waals surface area contributed by atoms with Gasteiger partial charge in [-0.3, -0.25) is 4.57 Å². The molecule has 0 rings (SSSR count). The Morgan fingerprint density at radius 1 is 1.07 bits per heavy atom. The van der Waals surface area contributed by atoms with Crippen molar-refractivity contribution in [2.24, 2.45) is 5.92 Å². The normalized spacial score (nSPS) is 12.3. The lowest BCUT2D eigenvalue weighted by molar-refractivity contribution is 0.319. The molecule has 92 valence electrons. The molecule has 0 N–H and O–H groups in total. The Balaban J connectivity index is 3.09. The van der Waals surface area contributed by atoms with Gasteiger partial charge in [0.2, 0.25) is 0 Å². The number of unbranched alkanes of at least 4 members (excludes halogenated alkanes) is 4. The molecule has 0 aromatic heterocycles. The highest BCUT2D eigenvalue weighted by Crippen LogP contribution is 2.57. The van der Waals surface area contributed by atoms with E-state index in [-0.39, 0.29) is 0 Å². The Bertz CT molecular complexity index is 192. The van der Waals surface area contributed by atoms with Gasteiger partial charge in [-0.15, -0.1) is 0 Å². The summed E-state index contributed by atoms with van der Waals surface area (Å²) in [6, 6.07) is 0. The predicted octanol–water partition coefficient (Wildman–Crippen LogP) is 5.59. The van der Waals surface area contributed by atoms with Crippen molar-refractivity contribution in [1.29, 1.82) is 0 Å². The molecular weight excluding hydrogens is 254 g/mol. The lowest BCUT2D eigenvalue weighted by atomic mass is 10.0. The predicted molar refractivity (Wildman–Crippen MR) is 67.8 cm³/mol. The van der Waals surface area contributed by atoms with Gasteiger partial charge in [0.15, 0.2) is 0 Å². The number of hydrogen-bond donors (Lipinski definition) is 0. The van der Waals surface area contributed by atoms with Gasteiger partial charge in [-0.2, -0.15) is 0 Å². The Labute approximate surface area is 103 Å². The van der Waals surface area contributed by atoms with Crippen LogP contribution in [0.2, 0.25) is 0 Å². The minimum atomic E-state index is -3.30. The molecule has 0 spiro atoms. The van der Waals surface area contributed by atoms with Crippen LogP contribution in [0.15, 0.2) is 0 Å². The SMILES string of the molecule is CC(C)CCCCCCCOP(=O)(Cl)Cl. The molecular formula is C10H21Cl2O2P. The monoisotopic (exact) mass is 274 g/mol. The summed E-state index contributed by atoms with van der Waals surface area (Å²) in [6.07, 6.45) is 3.73. The van der Waals surface area contributed by atoms with E-state index in [1.165, 1.54) is 25.7 Å². The third-order valence-corrected chi connectivity index (χ3v) is 3.24. The summed E-state index contributed by atoms with van der Waals surface area (Å²) in [5.74, 6) is 0.798. The molecule has 5 heteroatoms. The summed E-state index contributed by atoms with van der Waals surface area (Å²) < 4.78 is 15.5. The van der Waals surface area contributed by atoms with Gasteiger partial charge in [0, 0.05) is 0 Å². The fraction of sp³-hybridized carbons (Fsp3) is 1.00. The van der Waals surface area contributed by atoms with Gasteiger partial charge in [0.05, 0.1) is 6.61 Å². The summed E-state index contributed by atoms with van der Waals surface area (Å²) in [5.41, 5.74) is 0. The molecule has 15 heavy (non-hydrogen) atoms. The molecule has 0 radical (unpaired) electrons. The second kappa shape index (κ2) is 8.87. The van der Waals surface area contributed by atoms with Crippen molar-refractivity contribution in [3.8, 4) is 0 Å². The standard InChI is InChI=1S/C10H21Cl2O2P/c1-10(2)8-6-4-3-5-7-9-14-15(11,12)13/h10H,3-9H2,1-2H3. The lowest BCUT2D eigenvalue weighted by Crippen LogP contribution is -1.89. The summed E-state index contributed by atoms with van der Waals surface area (Å²) >= 11 is 10.5. The van der Waals surface area contributed by atoms with Gasteiger partial charge in [0.25, 0.3) is 0 Å². The van der Waals surface area contributed by atoms with Gasteiger partial charge in [-0.25, -0.2) is 0 Å². The smallest absolute Gasteiger partial charge is 0.306 e. The number of rotatable bonds is 9. The van der Waals surface area contributed by atoms with Crippen LogP contribution in [-0.4, -0.2) is 6.61 Å². The second-order valence-corrected chi connectivity index (χ2v) is 8.47. The van der Waals surface area contributed by atoms with Crippen molar-refractivity contribution in [2.75, 3.05) is 6.61 Å². The van der Waals surface area contributed by atoms with E-state index in [0.717, 1.165) is 18.8 Å². The van der Waals surface area contributed by atoms with Crippen LogP contribution in [0, 0.1) is 5.92 Å². The molecule has 0 aromatic rings. The molecule has 0 fully saturated rings. The maximum absolute atomic E-state index is 10.7. The van der Waals surface area contributed by atoms with Gasteiger partial charge >= 0.3 is 6.07 Å². The van der Waals surface area contributed by atoms with Gasteiger partial charge in [-0.1, -0.05) is 46.0 Å². The Kier molecular flexibility index (Phi) is 9.32. The second-order valence-electron chi connectivity index (χ2n) is 4.20. The molecule has 0 heterocycles. The minimum Gasteiger partial charge on any atom is -0.306 e. The summed E-state index contributed by atoms with van der Waals surface area (Å²) in [6.45, 7) is 4.88. The fourth-order valence-corrected chi connectivity index (χ4v) is 2.11. The summed E-state index contributed by atoms with van der Waals surface area (Å²) in [5, 5.41) is 0. The van der Waals surface area contributed by atoms with Crippen LogP contribution < -0.4 is 0 Å². The van der Waals surface area contributed by atoms with Crippen LogP contribution in [0.5, 0.6) is 0 Å². The molecule has 0 atom stereocenters. The van der Waals surface area contributed by atoms with E-state index < -0.39 is 6.07 Å². The van der Waals surface area contributed by atoms with Crippen molar-refractivity contribution < 1.29 is 9.09 Å². The molecule has 0 unspecified atom stereocenters. The molecule has 0 aliphatic rings. The molecule has 0 amide bonds. The van der Waals surface area contributed by atoms with E-state index in [4.69, 9.17) is 27.0 Å². The summed E-state index contributed by atoms with van der Waals surface area (Å²) in [7, 11) is 0. The zero-order valence-electron chi connectivity index (χ0n) is 9.55. The van der Waals surface area contributed by atoms with Crippen molar-refractivity contribution in [3.05, 3.63) is 0 Å². The van der Waals surface area contributed by atoms with E-state index in [0.29, 0.717) is 6.61 Å². The average molecular weight is 275 g/mol. The maximum atomic E-state index is 10.7. The molecule has 0 aromatic carbocycles. The quantitative estimate of drug-likeness (QED) is 0.405. The average Bonchev–Trinajstić information content (AvgIpc) is 2.07. The highest BCUT2D eigenvalue weighted by Gasteiger charge is 2.12. The van der Waals surface area contributed by atoms with Crippen LogP contribution >= 0.6 is 28.6 Å². The molecule has 0 saturated carbocycles. The topological polar surface area (TPSA) is 26.3 Å². The first-order valence-electron chi connectivity index (χ1n) is 5.55. The zero-order chi connectivity index (χ0) is 11.7. The van der Waals surface area contributed by atoms with Crippen molar-refractivity contribution in [3.63, 3.8) is 0 Å². The Morgan fingerprint density at radius 2 is 1.60 bits per heavy atom. The van der Waals surface area contributed by atoms with Crippen LogP contribution in [0.1, 0.15) is 52.4 Å². The van der Waals surface area contributed by atoms with Gasteiger partial charge in [-0.05, 0) is 34.8 Å². The van der Waals surface area contributed by atoms with E-state index >= 15 is 0 Å². The van der Waals surface area contributed by atoms with Crippen LogP contribution in [0.4, 0.5) is 0 Å². The number of hydrogen-bond acceptors (Lipinski definition) is 2. The van der Waals surface area contributed by atoms with Crippen LogP contribution in [0.25, 0.3) is 0 Å². The molecule has 0 aliphatic heterocycles. The van der Waals surface area contributed by atoms with E-state index in [1.54, 1.807) is 0 Å². The zero-order valence-corrected chi connectivity index (χ0v) is 12.0. The number of halogens is 2. The Hall–Kier alpha value is 0.770. The molecule has 0 bridgehead atoms. The first-order valence-corrected chi connectivity index (χ1v) is 8.99. The van der Waals surface area contributed by atoms with Crippen molar-refractivity contribution >= 4 is 28.6 Å². The lowest BCUT2D eigenvalue weighted by Gasteiger charge is -2.05. The third kappa shape index (κ3) is 14.8. The van der Waals surface area contributed by atoms with E-state index in [9.17, 15) is 4.57 Å². The highest BCUT2D eigenvalue weighted by atomic mass is 35.9. The van der Waals surface area contributed by atoms with Crippen LogP contribution in [-0.2, 0) is 9.09 Å². The van der Waals surface area contributed by atoms with Crippen molar-refractivity contribution in [1.82, 2.24) is 0 Å². The van der Waals surface area contributed by atoms with Crippen LogP contribution in [0.3, 0.4) is 0 Å². The van der Waals surface area contributed by atoms with Gasteiger partial charge in [0.1, 0.15) is 0 Å². The fourth-order valence-electron chi connectivity index (χ4n) is 1.36. The minimum absolute atomic E-state index is 0.397. The van der Waals surface area contributed by atoms with Gasteiger partial charge < -0.3 is 4.52 Å². The van der Waals surface area contributed by atoms with E-state index in [1.807, 2.05) is 0 Å². The Morgan fingerprint density at radius 3 is 2.13 bits per heavy atom.